The molecule has 0 aliphatic carbocycles. The lowest BCUT2D eigenvalue weighted by atomic mass is 10.2. The highest BCUT2D eigenvalue weighted by molar-refractivity contribution is 6.32. The normalized spacial score (nSPS) is 10.6. The van der Waals surface area contributed by atoms with Gasteiger partial charge in [-0.1, -0.05) is 35.3 Å². The highest BCUT2D eigenvalue weighted by Gasteiger charge is 2.15. The van der Waals surface area contributed by atoms with Crippen molar-refractivity contribution in [3.63, 3.8) is 0 Å². The zero-order valence-corrected chi connectivity index (χ0v) is 19.8. The molecule has 0 aliphatic rings. The standard InChI is InChI=1S/C24H21Cl2N3O5/c1-32-20-6-4-3-5-19(20)28-22(30)14-34-23-18(26)11-15(12-21(23)33-2)13-27-29-24(31)16-7-9-17(25)10-8-16/h3-13H,14H2,1-2H3,(H,28,30)(H,29,31)/b27-13+. The van der Waals surface area contributed by atoms with Crippen LogP contribution in [-0.4, -0.2) is 38.9 Å². The number of benzene rings is 3. The SMILES string of the molecule is COc1ccccc1NC(=O)COc1c(Cl)cc(/C=N/NC(=O)c2ccc(Cl)cc2)cc1OC. The van der Waals surface area contributed by atoms with Crippen LogP contribution >= 0.6 is 23.2 Å². The van der Waals surface area contributed by atoms with E-state index in [9.17, 15) is 9.59 Å². The van der Waals surface area contributed by atoms with Crippen LogP contribution < -0.4 is 25.0 Å². The van der Waals surface area contributed by atoms with E-state index < -0.39 is 11.8 Å². The molecule has 3 rings (SSSR count). The van der Waals surface area contributed by atoms with Crippen LogP contribution in [0.4, 0.5) is 5.69 Å². The number of para-hydroxylation sites is 2. The summed E-state index contributed by atoms with van der Waals surface area (Å²) in [5.41, 5.74) is 3.89. The molecular formula is C24H21Cl2N3O5. The van der Waals surface area contributed by atoms with E-state index in [2.05, 4.69) is 15.8 Å². The summed E-state index contributed by atoms with van der Waals surface area (Å²) in [6.45, 7) is -0.307. The molecule has 10 heteroatoms. The Kier molecular flexibility index (Phi) is 8.73. The number of hydrogen-bond donors (Lipinski definition) is 2. The van der Waals surface area contributed by atoms with Gasteiger partial charge in [0.2, 0.25) is 0 Å². The fourth-order valence-corrected chi connectivity index (χ4v) is 3.26. The average molecular weight is 502 g/mol. The van der Waals surface area contributed by atoms with Gasteiger partial charge in [-0.25, -0.2) is 5.43 Å². The van der Waals surface area contributed by atoms with Crippen LogP contribution in [0.3, 0.4) is 0 Å². The summed E-state index contributed by atoms with van der Waals surface area (Å²) in [6, 6.07) is 16.6. The van der Waals surface area contributed by atoms with Gasteiger partial charge < -0.3 is 19.5 Å². The van der Waals surface area contributed by atoms with Crippen molar-refractivity contribution in [3.05, 3.63) is 81.8 Å². The van der Waals surface area contributed by atoms with Gasteiger partial charge in [0.05, 0.1) is 31.1 Å². The molecule has 0 aliphatic heterocycles. The number of rotatable bonds is 9. The third-order valence-corrected chi connectivity index (χ3v) is 5.00. The number of halogens is 2. The Morgan fingerprint density at radius 1 is 0.971 bits per heavy atom. The van der Waals surface area contributed by atoms with E-state index in [-0.39, 0.29) is 17.4 Å². The summed E-state index contributed by atoms with van der Waals surface area (Å²) in [4.78, 5) is 24.5. The van der Waals surface area contributed by atoms with Crippen molar-refractivity contribution in [2.24, 2.45) is 5.10 Å². The van der Waals surface area contributed by atoms with Crippen LogP contribution in [0.5, 0.6) is 17.2 Å². The van der Waals surface area contributed by atoms with E-state index >= 15 is 0 Å². The van der Waals surface area contributed by atoms with Gasteiger partial charge in [0, 0.05) is 10.6 Å². The van der Waals surface area contributed by atoms with Crippen LogP contribution in [0.15, 0.2) is 65.8 Å². The number of anilines is 1. The number of nitrogens with one attached hydrogen (secondary N) is 2. The second-order valence-electron chi connectivity index (χ2n) is 6.78. The van der Waals surface area contributed by atoms with Crippen molar-refractivity contribution in [2.75, 3.05) is 26.1 Å². The zero-order valence-electron chi connectivity index (χ0n) is 18.3. The number of hydrogen-bond acceptors (Lipinski definition) is 6. The van der Waals surface area contributed by atoms with Crippen LogP contribution in [-0.2, 0) is 4.79 Å². The number of carbonyl (C=O) groups is 2. The number of carbonyl (C=O) groups excluding carboxylic acids is 2. The predicted molar refractivity (Wildman–Crippen MR) is 132 cm³/mol. The number of nitrogens with zero attached hydrogens (tertiary/aromatic N) is 1. The van der Waals surface area contributed by atoms with Gasteiger partial charge in [-0.3, -0.25) is 9.59 Å². The van der Waals surface area contributed by atoms with E-state index in [4.69, 9.17) is 37.4 Å². The predicted octanol–water partition coefficient (Wildman–Crippen LogP) is 4.79. The average Bonchev–Trinajstić information content (AvgIpc) is 2.83. The molecule has 0 saturated carbocycles. The molecule has 0 fully saturated rings. The van der Waals surface area contributed by atoms with Crippen LogP contribution in [0.25, 0.3) is 0 Å². The maximum atomic E-state index is 12.3. The van der Waals surface area contributed by atoms with Crippen molar-refractivity contribution in [1.29, 1.82) is 0 Å². The molecule has 0 unspecified atom stereocenters. The van der Waals surface area contributed by atoms with Crippen LogP contribution in [0, 0.1) is 0 Å². The Balaban J connectivity index is 1.63. The summed E-state index contributed by atoms with van der Waals surface area (Å²) in [7, 11) is 2.96. The highest BCUT2D eigenvalue weighted by atomic mass is 35.5. The van der Waals surface area contributed by atoms with Crippen LogP contribution in [0.2, 0.25) is 10.0 Å². The molecule has 0 atom stereocenters. The molecule has 0 bridgehead atoms. The summed E-state index contributed by atoms with van der Waals surface area (Å²) < 4.78 is 16.1. The van der Waals surface area contributed by atoms with Crippen molar-refractivity contribution < 1.29 is 23.8 Å². The fourth-order valence-electron chi connectivity index (χ4n) is 2.86. The first-order chi connectivity index (χ1) is 16.4. The van der Waals surface area contributed by atoms with Gasteiger partial charge in [-0.05, 0) is 54.1 Å². The molecule has 0 heterocycles. The summed E-state index contributed by atoms with van der Waals surface area (Å²) in [5, 5.41) is 7.38. The van der Waals surface area contributed by atoms with E-state index in [1.54, 1.807) is 60.7 Å². The van der Waals surface area contributed by atoms with Gasteiger partial charge in [0.1, 0.15) is 5.75 Å². The molecule has 2 N–H and O–H groups in total. The van der Waals surface area contributed by atoms with Crippen molar-refractivity contribution in [3.8, 4) is 17.2 Å². The second-order valence-corrected chi connectivity index (χ2v) is 7.62. The van der Waals surface area contributed by atoms with Gasteiger partial charge in [-0.15, -0.1) is 0 Å². The molecule has 176 valence electrons. The topological polar surface area (TPSA) is 98.3 Å². The molecule has 0 spiro atoms. The molecular weight excluding hydrogens is 481 g/mol. The highest BCUT2D eigenvalue weighted by Crippen LogP contribution is 2.36. The molecule has 2 amide bonds. The number of methoxy groups -OCH3 is 2. The third kappa shape index (κ3) is 6.63. The van der Waals surface area contributed by atoms with E-state index in [1.165, 1.54) is 20.4 Å². The van der Waals surface area contributed by atoms with Crippen molar-refractivity contribution in [1.82, 2.24) is 5.43 Å². The molecule has 8 nitrogen and oxygen atoms in total. The lowest BCUT2D eigenvalue weighted by Gasteiger charge is -2.14. The lowest BCUT2D eigenvalue weighted by molar-refractivity contribution is -0.118. The maximum Gasteiger partial charge on any atom is 0.271 e. The van der Waals surface area contributed by atoms with Crippen molar-refractivity contribution >= 4 is 46.9 Å². The third-order valence-electron chi connectivity index (χ3n) is 4.47. The Hall–Kier alpha value is -3.75. The second kappa shape index (κ2) is 11.9. The van der Waals surface area contributed by atoms with Crippen molar-refractivity contribution in [2.45, 2.75) is 0 Å². The van der Waals surface area contributed by atoms with Crippen LogP contribution in [0.1, 0.15) is 15.9 Å². The van der Waals surface area contributed by atoms with E-state index in [0.717, 1.165) is 0 Å². The minimum Gasteiger partial charge on any atom is -0.495 e. The number of amides is 2. The number of hydrazone groups is 1. The largest absolute Gasteiger partial charge is 0.495 e. The molecule has 0 radical (unpaired) electrons. The minimum atomic E-state index is -0.404. The summed E-state index contributed by atoms with van der Waals surface area (Å²) in [6.07, 6.45) is 1.40. The van der Waals surface area contributed by atoms with Gasteiger partial charge in [-0.2, -0.15) is 5.10 Å². The van der Waals surface area contributed by atoms with Gasteiger partial charge in [0.25, 0.3) is 11.8 Å². The first kappa shape index (κ1) is 24.9. The number of ether oxygens (including phenoxy) is 3. The first-order valence-electron chi connectivity index (χ1n) is 9.93. The quantitative estimate of drug-likeness (QED) is 0.324. The molecule has 3 aromatic carbocycles. The first-order valence-corrected chi connectivity index (χ1v) is 10.7. The molecule has 0 saturated heterocycles. The van der Waals surface area contributed by atoms with Gasteiger partial charge in [0.15, 0.2) is 18.1 Å². The summed E-state index contributed by atoms with van der Waals surface area (Å²) >= 11 is 12.2. The Labute approximate surface area is 206 Å². The molecule has 3 aromatic rings. The Morgan fingerprint density at radius 2 is 1.68 bits per heavy atom. The minimum absolute atomic E-state index is 0.196. The van der Waals surface area contributed by atoms with Gasteiger partial charge >= 0.3 is 0 Å². The molecule has 34 heavy (non-hydrogen) atoms. The zero-order chi connectivity index (χ0) is 24.5. The Bertz CT molecular complexity index is 1200. The monoisotopic (exact) mass is 501 g/mol. The summed E-state index contributed by atoms with van der Waals surface area (Å²) in [5.74, 6) is 0.216. The fraction of sp³-hybridized carbons (Fsp3) is 0.125. The van der Waals surface area contributed by atoms with E-state index in [0.29, 0.717) is 33.3 Å². The smallest absolute Gasteiger partial charge is 0.271 e. The maximum absolute atomic E-state index is 12.3. The Morgan fingerprint density at radius 3 is 2.38 bits per heavy atom. The lowest BCUT2D eigenvalue weighted by Crippen LogP contribution is -2.20. The molecule has 0 aromatic heterocycles. The van der Waals surface area contributed by atoms with E-state index in [1.807, 2.05) is 0 Å².